The number of hydrogen-bond acceptors (Lipinski definition) is 3. The van der Waals surface area contributed by atoms with Gasteiger partial charge in [0.15, 0.2) is 5.11 Å². The van der Waals surface area contributed by atoms with Gasteiger partial charge in [0.25, 0.3) is 0 Å². The molecule has 2 N–H and O–H groups in total. The van der Waals surface area contributed by atoms with Crippen LogP contribution in [0.5, 0.6) is 0 Å². The lowest BCUT2D eigenvalue weighted by atomic mass is 9.74. The summed E-state index contributed by atoms with van der Waals surface area (Å²) < 4.78 is 5.59. The van der Waals surface area contributed by atoms with E-state index in [0.717, 1.165) is 54.7 Å². The van der Waals surface area contributed by atoms with Crippen molar-refractivity contribution in [2.75, 3.05) is 25.1 Å². The molecule has 0 radical (unpaired) electrons. The second-order valence-electron chi connectivity index (χ2n) is 6.88. The minimum atomic E-state index is -0.0369. The molecule has 1 aliphatic heterocycles. The van der Waals surface area contributed by atoms with E-state index in [-0.39, 0.29) is 5.41 Å². The van der Waals surface area contributed by atoms with Gasteiger partial charge in [-0.3, -0.25) is 0 Å². The van der Waals surface area contributed by atoms with Crippen molar-refractivity contribution in [3.8, 4) is 0 Å². The highest BCUT2D eigenvalue weighted by Crippen LogP contribution is 2.35. The lowest BCUT2D eigenvalue weighted by Crippen LogP contribution is -2.45. The Hall–Kier alpha value is -1.69. The van der Waals surface area contributed by atoms with Crippen molar-refractivity contribution in [1.29, 1.82) is 0 Å². The van der Waals surface area contributed by atoms with Gasteiger partial charge in [-0.1, -0.05) is 23.7 Å². The number of aromatic nitrogens is 1. The van der Waals surface area contributed by atoms with Crippen LogP contribution in [0.15, 0.2) is 36.4 Å². The highest BCUT2D eigenvalue weighted by Gasteiger charge is 2.34. The number of rotatable bonds is 4. The number of halogens is 1. The Bertz CT molecular complexity index is 770. The molecule has 2 heterocycles. The van der Waals surface area contributed by atoms with Gasteiger partial charge in [0.05, 0.1) is 0 Å². The average Bonchev–Trinajstić information content (AvgIpc) is 2.60. The number of pyridine rings is 1. The van der Waals surface area contributed by atoms with Crippen molar-refractivity contribution in [1.82, 2.24) is 10.3 Å². The van der Waals surface area contributed by atoms with Gasteiger partial charge in [0.1, 0.15) is 5.82 Å². The van der Waals surface area contributed by atoms with Crippen molar-refractivity contribution in [3.63, 3.8) is 0 Å². The maximum Gasteiger partial charge on any atom is 0.171 e. The minimum absolute atomic E-state index is 0.0369. The molecule has 0 spiro atoms. The normalized spacial score (nSPS) is 16.1. The second-order valence-corrected chi connectivity index (χ2v) is 7.73. The molecule has 0 saturated carbocycles. The van der Waals surface area contributed by atoms with E-state index in [1.54, 1.807) is 0 Å². The Balaban J connectivity index is 1.70. The smallest absolute Gasteiger partial charge is 0.171 e. The third kappa shape index (κ3) is 4.72. The number of aryl methyl sites for hydroxylation is 2. The molecule has 26 heavy (non-hydrogen) atoms. The molecule has 0 aliphatic carbocycles. The van der Waals surface area contributed by atoms with Crippen LogP contribution in [0.25, 0.3) is 0 Å². The third-order valence-electron chi connectivity index (χ3n) is 4.81. The van der Waals surface area contributed by atoms with E-state index in [2.05, 4.69) is 27.8 Å². The second kappa shape index (κ2) is 8.33. The molecule has 0 bridgehead atoms. The van der Waals surface area contributed by atoms with Crippen LogP contribution in [0.2, 0.25) is 5.02 Å². The summed E-state index contributed by atoms with van der Waals surface area (Å²) in [5.41, 5.74) is 3.32. The molecule has 1 aliphatic rings. The van der Waals surface area contributed by atoms with Gasteiger partial charge >= 0.3 is 0 Å². The van der Waals surface area contributed by atoms with Crippen LogP contribution in [-0.2, 0) is 10.2 Å². The lowest BCUT2D eigenvalue weighted by Gasteiger charge is -2.38. The summed E-state index contributed by atoms with van der Waals surface area (Å²) in [7, 11) is 0. The van der Waals surface area contributed by atoms with Gasteiger partial charge in [0, 0.05) is 35.9 Å². The summed E-state index contributed by atoms with van der Waals surface area (Å²) in [6, 6.07) is 12.1. The molecule has 4 nitrogen and oxygen atoms in total. The van der Waals surface area contributed by atoms with E-state index in [1.807, 2.05) is 38.1 Å². The van der Waals surface area contributed by atoms with Crippen LogP contribution in [-0.4, -0.2) is 29.9 Å². The molecule has 3 rings (SSSR count). The molecule has 1 aromatic heterocycles. The van der Waals surface area contributed by atoms with E-state index in [0.29, 0.717) is 5.11 Å². The van der Waals surface area contributed by atoms with Crippen LogP contribution in [0.4, 0.5) is 5.82 Å². The van der Waals surface area contributed by atoms with Gasteiger partial charge in [-0.2, -0.15) is 0 Å². The van der Waals surface area contributed by atoms with Crippen LogP contribution < -0.4 is 10.6 Å². The Morgan fingerprint density at radius 2 is 2.00 bits per heavy atom. The summed E-state index contributed by atoms with van der Waals surface area (Å²) in [5, 5.41) is 7.91. The van der Waals surface area contributed by atoms with Gasteiger partial charge < -0.3 is 15.4 Å². The fourth-order valence-corrected chi connectivity index (χ4v) is 3.83. The Morgan fingerprint density at radius 3 is 2.69 bits per heavy atom. The van der Waals surface area contributed by atoms with Crippen LogP contribution in [0.3, 0.4) is 0 Å². The average molecular weight is 390 g/mol. The molecule has 1 fully saturated rings. The lowest BCUT2D eigenvalue weighted by molar-refractivity contribution is 0.0515. The number of hydrogen-bond donors (Lipinski definition) is 2. The molecule has 1 aromatic carbocycles. The zero-order chi connectivity index (χ0) is 18.6. The molecule has 0 atom stereocenters. The highest BCUT2D eigenvalue weighted by molar-refractivity contribution is 7.80. The number of anilines is 1. The first-order valence-corrected chi connectivity index (χ1v) is 9.59. The topological polar surface area (TPSA) is 46.2 Å². The van der Waals surface area contributed by atoms with Crippen molar-refractivity contribution in [3.05, 3.63) is 58.2 Å². The van der Waals surface area contributed by atoms with Crippen LogP contribution in [0, 0.1) is 13.8 Å². The van der Waals surface area contributed by atoms with E-state index in [1.165, 1.54) is 5.56 Å². The van der Waals surface area contributed by atoms with Gasteiger partial charge in [-0.25, -0.2) is 4.98 Å². The predicted octanol–water partition coefficient (Wildman–Crippen LogP) is 4.39. The number of nitrogens with one attached hydrogen (secondary N) is 2. The number of benzene rings is 1. The Kier molecular flexibility index (Phi) is 6.12. The summed E-state index contributed by atoms with van der Waals surface area (Å²) >= 11 is 11.7. The summed E-state index contributed by atoms with van der Waals surface area (Å²) in [6.45, 7) is 6.24. The molecular formula is C20H24ClN3OS. The zero-order valence-corrected chi connectivity index (χ0v) is 16.7. The van der Waals surface area contributed by atoms with E-state index < -0.39 is 0 Å². The quantitative estimate of drug-likeness (QED) is 0.759. The summed E-state index contributed by atoms with van der Waals surface area (Å²) in [4.78, 5) is 4.48. The summed E-state index contributed by atoms with van der Waals surface area (Å²) in [5.74, 6) is 0.767. The van der Waals surface area contributed by atoms with Gasteiger partial charge in [-0.15, -0.1) is 0 Å². The SMILES string of the molecule is Cc1cc(C)nc(NC(=S)NCC2(c3cccc(Cl)c3)CCOCC2)c1. The molecule has 2 aromatic rings. The molecule has 0 unspecified atom stereocenters. The third-order valence-corrected chi connectivity index (χ3v) is 5.30. The van der Waals surface area contributed by atoms with E-state index >= 15 is 0 Å². The van der Waals surface area contributed by atoms with Crippen LogP contribution in [0.1, 0.15) is 29.7 Å². The van der Waals surface area contributed by atoms with E-state index in [4.69, 9.17) is 28.6 Å². The van der Waals surface area contributed by atoms with Crippen molar-refractivity contribution in [2.45, 2.75) is 32.1 Å². The molecule has 0 amide bonds. The first-order valence-electron chi connectivity index (χ1n) is 8.81. The van der Waals surface area contributed by atoms with E-state index in [9.17, 15) is 0 Å². The maximum atomic E-state index is 6.23. The van der Waals surface area contributed by atoms with Gasteiger partial charge in [0.2, 0.25) is 0 Å². The number of thiocarbonyl (C=S) groups is 1. The first-order chi connectivity index (χ1) is 12.5. The molecule has 138 valence electrons. The minimum Gasteiger partial charge on any atom is -0.381 e. The predicted molar refractivity (Wildman–Crippen MR) is 111 cm³/mol. The molecular weight excluding hydrogens is 366 g/mol. The summed E-state index contributed by atoms with van der Waals surface area (Å²) in [6.07, 6.45) is 1.87. The Morgan fingerprint density at radius 1 is 1.23 bits per heavy atom. The van der Waals surface area contributed by atoms with Gasteiger partial charge in [-0.05, 0) is 74.3 Å². The zero-order valence-electron chi connectivity index (χ0n) is 15.1. The fourth-order valence-electron chi connectivity index (χ4n) is 3.46. The standard InChI is InChI=1S/C20H24ClN3OS/c1-14-10-15(2)23-18(11-14)24-19(26)22-13-20(6-8-25-9-7-20)16-4-3-5-17(21)12-16/h3-5,10-12H,6-9,13H2,1-2H3,(H2,22,23,24,26). The first kappa shape index (κ1) is 19.1. The monoisotopic (exact) mass is 389 g/mol. The van der Waals surface area contributed by atoms with Crippen molar-refractivity contribution < 1.29 is 4.74 Å². The largest absolute Gasteiger partial charge is 0.381 e. The van der Waals surface area contributed by atoms with Crippen molar-refractivity contribution >= 4 is 34.7 Å². The van der Waals surface area contributed by atoms with Crippen LogP contribution >= 0.6 is 23.8 Å². The molecule has 1 saturated heterocycles. The molecule has 6 heteroatoms. The number of nitrogens with zero attached hydrogens (tertiary/aromatic N) is 1. The maximum absolute atomic E-state index is 6.23. The Labute approximate surface area is 165 Å². The fraction of sp³-hybridized carbons (Fsp3) is 0.400. The number of ether oxygens (including phenoxy) is 1. The van der Waals surface area contributed by atoms with Crippen molar-refractivity contribution in [2.24, 2.45) is 0 Å². The highest BCUT2D eigenvalue weighted by atomic mass is 35.5.